The second kappa shape index (κ2) is 9.84. The molecule has 1 amide bonds. The van der Waals surface area contributed by atoms with Crippen molar-refractivity contribution in [2.24, 2.45) is 0 Å². The molecule has 1 saturated carbocycles. The van der Waals surface area contributed by atoms with E-state index in [0.717, 1.165) is 73.3 Å². The van der Waals surface area contributed by atoms with Gasteiger partial charge in [-0.1, -0.05) is 24.5 Å². The van der Waals surface area contributed by atoms with Crippen molar-refractivity contribution in [3.8, 4) is 0 Å². The summed E-state index contributed by atoms with van der Waals surface area (Å²) >= 11 is 0. The van der Waals surface area contributed by atoms with Gasteiger partial charge in [-0.15, -0.1) is 0 Å². The van der Waals surface area contributed by atoms with E-state index in [9.17, 15) is 9.59 Å². The van der Waals surface area contributed by atoms with E-state index in [2.05, 4.69) is 21.0 Å². The number of rotatable bonds is 6. The number of carbonyl (C=O) groups excluding carboxylic acids is 2. The van der Waals surface area contributed by atoms with Crippen LogP contribution in [0.3, 0.4) is 0 Å². The standard InChI is InChI=1S/C27H34N4O3/c1-18-11-19(2)23(26(32)12-18)15-28-27(33)22-13-20(17-30-7-9-34-10-8-30)14-25-24(22)16-29-31(25)21-5-3-4-6-21/h11,13-14,16,21H,3-10,12,15,17H2,1-2H3,(H,28,33). The Morgan fingerprint density at radius 1 is 1.18 bits per heavy atom. The van der Waals surface area contributed by atoms with Crippen LogP contribution in [0.2, 0.25) is 0 Å². The van der Waals surface area contributed by atoms with Gasteiger partial charge in [0.2, 0.25) is 0 Å². The number of fused-ring (bicyclic) bond motifs is 1. The number of hydrogen-bond acceptors (Lipinski definition) is 5. The summed E-state index contributed by atoms with van der Waals surface area (Å²) < 4.78 is 7.63. The summed E-state index contributed by atoms with van der Waals surface area (Å²) in [5.74, 6) is -0.0581. The van der Waals surface area contributed by atoms with Crippen LogP contribution in [0.25, 0.3) is 10.9 Å². The van der Waals surface area contributed by atoms with E-state index in [1.165, 1.54) is 12.8 Å². The SMILES string of the molecule is CC1=CC(C)=C(CNC(=O)c2cc(CN3CCOCC3)cc3c2cnn3C2CCCC2)C(=O)C1. The monoisotopic (exact) mass is 462 g/mol. The van der Waals surface area contributed by atoms with Crippen LogP contribution < -0.4 is 5.32 Å². The number of nitrogens with one attached hydrogen (secondary N) is 1. The maximum Gasteiger partial charge on any atom is 0.252 e. The van der Waals surface area contributed by atoms with E-state index in [-0.39, 0.29) is 18.2 Å². The second-order valence-electron chi connectivity index (χ2n) is 9.93. The summed E-state index contributed by atoms with van der Waals surface area (Å²) in [4.78, 5) is 28.3. The molecule has 1 N–H and O–H groups in total. The predicted octanol–water partition coefficient (Wildman–Crippen LogP) is 3.95. The molecule has 5 rings (SSSR count). The van der Waals surface area contributed by atoms with Crippen molar-refractivity contribution in [1.29, 1.82) is 0 Å². The van der Waals surface area contributed by atoms with Crippen LogP contribution in [0.1, 0.15) is 67.9 Å². The first-order valence-corrected chi connectivity index (χ1v) is 12.5. The molecule has 2 fully saturated rings. The van der Waals surface area contributed by atoms with Crippen LogP contribution >= 0.6 is 0 Å². The number of hydrogen-bond donors (Lipinski definition) is 1. The van der Waals surface area contributed by atoms with E-state index in [1.807, 2.05) is 32.2 Å². The fourth-order valence-corrected chi connectivity index (χ4v) is 5.53. The molecule has 0 unspecified atom stereocenters. The van der Waals surface area contributed by atoms with E-state index in [0.29, 0.717) is 23.6 Å². The average molecular weight is 463 g/mol. The lowest BCUT2D eigenvalue weighted by atomic mass is 9.92. The number of ketones is 1. The van der Waals surface area contributed by atoms with Gasteiger partial charge in [-0.25, -0.2) is 0 Å². The Kier molecular flexibility index (Phi) is 6.66. The lowest BCUT2D eigenvalue weighted by Gasteiger charge is -2.27. The molecule has 180 valence electrons. The first-order valence-electron chi connectivity index (χ1n) is 12.5. The number of ether oxygens (including phenoxy) is 1. The smallest absolute Gasteiger partial charge is 0.252 e. The molecule has 3 aliphatic rings. The predicted molar refractivity (Wildman–Crippen MR) is 132 cm³/mol. The van der Waals surface area contributed by atoms with Gasteiger partial charge < -0.3 is 10.1 Å². The maximum absolute atomic E-state index is 13.4. The first-order chi connectivity index (χ1) is 16.5. The van der Waals surface area contributed by atoms with Gasteiger partial charge in [0.25, 0.3) is 5.91 Å². The van der Waals surface area contributed by atoms with E-state index >= 15 is 0 Å². The number of morpholine rings is 1. The van der Waals surface area contributed by atoms with E-state index in [1.54, 1.807) is 0 Å². The first kappa shape index (κ1) is 23.0. The van der Waals surface area contributed by atoms with Crippen LogP contribution in [0.15, 0.2) is 41.1 Å². The molecule has 7 heteroatoms. The number of nitrogens with zero attached hydrogens (tertiary/aromatic N) is 3. The molecule has 1 aromatic heterocycles. The molecule has 0 spiro atoms. The molecular formula is C27H34N4O3. The normalized spacial score (nSPS) is 20.3. The van der Waals surface area contributed by atoms with E-state index in [4.69, 9.17) is 9.84 Å². The van der Waals surface area contributed by atoms with Gasteiger partial charge >= 0.3 is 0 Å². The summed E-state index contributed by atoms with van der Waals surface area (Å²) in [6, 6.07) is 4.61. The summed E-state index contributed by atoms with van der Waals surface area (Å²) in [5.41, 5.74) is 5.48. The molecule has 1 aliphatic heterocycles. The Labute approximate surface area is 200 Å². The zero-order chi connectivity index (χ0) is 23.7. The number of aromatic nitrogens is 2. The Bertz CT molecular complexity index is 1160. The minimum Gasteiger partial charge on any atom is -0.379 e. The highest BCUT2D eigenvalue weighted by molar-refractivity contribution is 6.07. The van der Waals surface area contributed by atoms with E-state index < -0.39 is 0 Å². The highest BCUT2D eigenvalue weighted by Crippen LogP contribution is 2.33. The summed E-state index contributed by atoms with van der Waals surface area (Å²) in [7, 11) is 0. The number of Topliss-reactive ketones (excluding diaryl/α,β-unsaturated/α-hetero) is 1. The van der Waals surface area contributed by atoms with Crippen LogP contribution in [0, 0.1) is 0 Å². The number of benzene rings is 1. The number of carbonyl (C=O) groups is 2. The van der Waals surface area contributed by atoms with Gasteiger partial charge in [-0.2, -0.15) is 5.10 Å². The van der Waals surface area contributed by atoms with Gasteiger partial charge in [0.15, 0.2) is 5.78 Å². The lowest BCUT2D eigenvalue weighted by molar-refractivity contribution is -0.115. The number of allylic oxidation sites excluding steroid dienone is 3. The molecule has 2 aliphatic carbocycles. The molecule has 1 saturated heterocycles. The van der Waals surface area contributed by atoms with Crippen LogP contribution in [-0.2, 0) is 16.1 Å². The molecule has 2 aromatic rings. The average Bonchev–Trinajstić information content (AvgIpc) is 3.48. The summed E-state index contributed by atoms with van der Waals surface area (Å²) in [6.07, 6.45) is 9.02. The summed E-state index contributed by atoms with van der Waals surface area (Å²) in [5, 5.41) is 8.63. The highest BCUT2D eigenvalue weighted by Gasteiger charge is 2.24. The molecule has 0 bridgehead atoms. The number of amides is 1. The Morgan fingerprint density at radius 2 is 1.94 bits per heavy atom. The van der Waals surface area contributed by atoms with Crippen molar-refractivity contribution >= 4 is 22.6 Å². The van der Waals surface area contributed by atoms with Crippen molar-refractivity contribution in [2.75, 3.05) is 32.8 Å². The minimum absolute atomic E-state index is 0.0954. The Balaban J connectivity index is 1.45. The fraction of sp³-hybridized carbons (Fsp3) is 0.519. The molecule has 1 aromatic carbocycles. The van der Waals surface area contributed by atoms with Gasteiger partial charge in [0, 0.05) is 43.6 Å². The van der Waals surface area contributed by atoms with Crippen LogP contribution in [-0.4, -0.2) is 59.2 Å². The summed E-state index contributed by atoms with van der Waals surface area (Å²) in [6.45, 7) is 8.21. The van der Waals surface area contributed by atoms with Gasteiger partial charge in [-0.3, -0.25) is 19.2 Å². The van der Waals surface area contributed by atoms with Crippen molar-refractivity contribution in [2.45, 2.75) is 58.5 Å². The fourth-order valence-electron chi connectivity index (χ4n) is 5.53. The Hall–Kier alpha value is -2.77. The van der Waals surface area contributed by atoms with Gasteiger partial charge in [0.05, 0.1) is 36.5 Å². The van der Waals surface area contributed by atoms with Crippen molar-refractivity contribution in [1.82, 2.24) is 20.0 Å². The van der Waals surface area contributed by atoms with Crippen molar-refractivity contribution in [3.63, 3.8) is 0 Å². The quantitative estimate of drug-likeness (QED) is 0.704. The third-order valence-electron chi connectivity index (χ3n) is 7.34. The lowest BCUT2D eigenvalue weighted by Crippen LogP contribution is -2.35. The molecule has 0 atom stereocenters. The Morgan fingerprint density at radius 3 is 2.68 bits per heavy atom. The molecule has 7 nitrogen and oxygen atoms in total. The van der Waals surface area contributed by atoms with Crippen molar-refractivity contribution < 1.29 is 14.3 Å². The van der Waals surface area contributed by atoms with Gasteiger partial charge in [0.1, 0.15) is 0 Å². The molecule has 0 radical (unpaired) electrons. The molecule has 34 heavy (non-hydrogen) atoms. The minimum atomic E-state index is -0.154. The van der Waals surface area contributed by atoms with Crippen molar-refractivity contribution in [3.05, 3.63) is 52.3 Å². The zero-order valence-corrected chi connectivity index (χ0v) is 20.2. The third-order valence-corrected chi connectivity index (χ3v) is 7.34. The zero-order valence-electron chi connectivity index (χ0n) is 20.2. The topological polar surface area (TPSA) is 76.5 Å². The third kappa shape index (κ3) is 4.72. The van der Waals surface area contributed by atoms with Crippen LogP contribution in [0.5, 0.6) is 0 Å². The molecular weight excluding hydrogens is 428 g/mol. The van der Waals surface area contributed by atoms with Gasteiger partial charge in [-0.05, 0) is 50.0 Å². The second-order valence-corrected chi connectivity index (χ2v) is 9.93. The maximum atomic E-state index is 13.4. The molecule has 2 heterocycles. The largest absolute Gasteiger partial charge is 0.379 e. The van der Waals surface area contributed by atoms with Crippen LogP contribution in [0.4, 0.5) is 0 Å². The highest BCUT2D eigenvalue weighted by atomic mass is 16.5.